The molecule has 2 aromatic carbocycles. The maximum Gasteiger partial charge on any atom is 0.255 e. The number of para-hydroxylation sites is 1. The van der Waals surface area contributed by atoms with Crippen molar-refractivity contribution < 1.29 is 14.3 Å². The number of benzene rings is 2. The van der Waals surface area contributed by atoms with Gasteiger partial charge in [0.25, 0.3) is 5.91 Å². The highest BCUT2D eigenvalue weighted by molar-refractivity contribution is 6.35. The number of hydrogen-bond donors (Lipinski definition) is 2. The Hall–Kier alpha value is -2.24. The summed E-state index contributed by atoms with van der Waals surface area (Å²) in [7, 11) is 0. The van der Waals surface area contributed by atoms with Crippen LogP contribution in [0.25, 0.3) is 0 Å². The van der Waals surface area contributed by atoms with Crippen molar-refractivity contribution >= 4 is 35.0 Å². The molecule has 0 aromatic heterocycles. The molecule has 0 heterocycles. The highest BCUT2D eigenvalue weighted by Crippen LogP contribution is 2.24. The quantitative estimate of drug-likeness (QED) is 0.714. The normalized spacial score (nSPS) is 12.2. The zero-order chi connectivity index (χ0) is 20.9. The van der Waals surface area contributed by atoms with Crippen LogP contribution in [0, 0.1) is 0 Å². The summed E-state index contributed by atoms with van der Waals surface area (Å²) >= 11 is 12.1. The van der Waals surface area contributed by atoms with Crippen molar-refractivity contribution in [2.75, 3.05) is 0 Å². The van der Waals surface area contributed by atoms with Crippen LogP contribution in [-0.4, -0.2) is 23.4 Å². The van der Waals surface area contributed by atoms with Gasteiger partial charge in [0.15, 0.2) is 0 Å². The molecule has 0 aliphatic rings. The SMILES string of the molecule is CC(NC(=O)c1ccccc1OCc1ccc(Cl)cc1Cl)C(=O)NC(C)(C)C. The zero-order valence-corrected chi connectivity index (χ0v) is 17.8. The van der Waals surface area contributed by atoms with E-state index in [1.54, 1.807) is 49.4 Å². The fourth-order valence-electron chi connectivity index (χ4n) is 2.39. The molecule has 2 amide bonds. The van der Waals surface area contributed by atoms with Crippen molar-refractivity contribution in [2.45, 2.75) is 45.9 Å². The van der Waals surface area contributed by atoms with Gasteiger partial charge >= 0.3 is 0 Å². The first kappa shape index (κ1) is 22.1. The van der Waals surface area contributed by atoms with Gasteiger partial charge in [-0.25, -0.2) is 0 Å². The molecule has 0 aliphatic carbocycles. The van der Waals surface area contributed by atoms with E-state index < -0.39 is 11.9 Å². The Bertz CT molecular complexity index is 863. The fourth-order valence-corrected chi connectivity index (χ4v) is 2.86. The van der Waals surface area contributed by atoms with E-state index in [4.69, 9.17) is 27.9 Å². The van der Waals surface area contributed by atoms with Crippen LogP contribution in [0.5, 0.6) is 5.75 Å². The Kier molecular flexibility index (Phi) is 7.33. The van der Waals surface area contributed by atoms with Crippen LogP contribution >= 0.6 is 23.2 Å². The lowest BCUT2D eigenvalue weighted by atomic mass is 10.1. The monoisotopic (exact) mass is 422 g/mol. The molecule has 0 saturated heterocycles. The first-order valence-corrected chi connectivity index (χ1v) is 9.61. The first-order chi connectivity index (χ1) is 13.1. The molecule has 0 bridgehead atoms. The Morgan fingerprint density at radius 2 is 1.79 bits per heavy atom. The standard InChI is InChI=1S/C21H24Cl2N2O3/c1-13(19(26)25-21(2,3)4)24-20(27)16-7-5-6-8-18(16)28-12-14-9-10-15(22)11-17(14)23/h5-11,13H,12H2,1-4H3,(H,24,27)(H,25,26). The van der Waals surface area contributed by atoms with E-state index in [0.717, 1.165) is 5.56 Å². The number of carbonyl (C=O) groups is 2. The third-order valence-corrected chi connectivity index (χ3v) is 4.36. The van der Waals surface area contributed by atoms with Crippen molar-refractivity contribution in [3.8, 4) is 5.75 Å². The van der Waals surface area contributed by atoms with Gasteiger partial charge < -0.3 is 15.4 Å². The van der Waals surface area contributed by atoms with E-state index in [-0.39, 0.29) is 18.1 Å². The number of amides is 2. The van der Waals surface area contributed by atoms with Crippen LogP contribution < -0.4 is 15.4 Å². The third-order valence-electron chi connectivity index (χ3n) is 3.77. The van der Waals surface area contributed by atoms with Gasteiger partial charge in [-0.1, -0.05) is 41.4 Å². The molecule has 1 atom stereocenters. The average Bonchev–Trinajstić information content (AvgIpc) is 2.59. The molecule has 0 fully saturated rings. The Balaban J connectivity index is 2.08. The summed E-state index contributed by atoms with van der Waals surface area (Å²) in [6.45, 7) is 7.45. The summed E-state index contributed by atoms with van der Waals surface area (Å²) in [6.07, 6.45) is 0. The lowest BCUT2D eigenvalue weighted by Crippen LogP contribution is -2.50. The van der Waals surface area contributed by atoms with Crippen LogP contribution in [0.3, 0.4) is 0 Å². The summed E-state index contributed by atoms with van der Waals surface area (Å²) in [6, 6.07) is 11.3. The Morgan fingerprint density at radius 3 is 2.43 bits per heavy atom. The largest absolute Gasteiger partial charge is 0.488 e. The second kappa shape index (κ2) is 9.30. The van der Waals surface area contributed by atoms with E-state index in [1.165, 1.54) is 0 Å². The Morgan fingerprint density at radius 1 is 1.11 bits per heavy atom. The van der Waals surface area contributed by atoms with Gasteiger partial charge in [-0.05, 0) is 52.0 Å². The summed E-state index contributed by atoms with van der Waals surface area (Å²) in [5, 5.41) is 6.56. The predicted octanol–water partition coefficient (Wildman–Crippen LogP) is 4.61. The maximum atomic E-state index is 12.7. The molecule has 2 N–H and O–H groups in total. The topological polar surface area (TPSA) is 67.4 Å². The number of rotatable bonds is 6. The van der Waals surface area contributed by atoms with E-state index in [0.29, 0.717) is 21.4 Å². The fraction of sp³-hybridized carbons (Fsp3) is 0.333. The van der Waals surface area contributed by atoms with Gasteiger partial charge in [-0.15, -0.1) is 0 Å². The molecule has 0 radical (unpaired) electrons. The summed E-state index contributed by atoms with van der Waals surface area (Å²) in [5.41, 5.74) is 0.705. The minimum absolute atomic E-state index is 0.181. The number of hydrogen-bond acceptors (Lipinski definition) is 3. The second-order valence-corrected chi connectivity index (χ2v) is 8.30. The van der Waals surface area contributed by atoms with Crippen LogP contribution in [-0.2, 0) is 11.4 Å². The first-order valence-electron chi connectivity index (χ1n) is 8.85. The van der Waals surface area contributed by atoms with Gasteiger partial charge in [0.1, 0.15) is 18.4 Å². The van der Waals surface area contributed by atoms with E-state index in [2.05, 4.69) is 10.6 Å². The molecular weight excluding hydrogens is 399 g/mol. The van der Waals surface area contributed by atoms with Crippen molar-refractivity contribution in [3.63, 3.8) is 0 Å². The van der Waals surface area contributed by atoms with Crippen LogP contribution in [0.4, 0.5) is 0 Å². The minimum atomic E-state index is -0.689. The summed E-state index contributed by atoms with van der Waals surface area (Å²) in [4.78, 5) is 24.9. The molecule has 2 aromatic rings. The van der Waals surface area contributed by atoms with E-state index >= 15 is 0 Å². The highest BCUT2D eigenvalue weighted by atomic mass is 35.5. The summed E-state index contributed by atoms with van der Waals surface area (Å²) < 4.78 is 5.80. The number of halogens is 2. The van der Waals surface area contributed by atoms with E-state index in [1.807, 2.05) is 20.8 Å². The minimum Gasteiger partial charge on any atom is -0.488 e. The molecular formula is C21H24Cl2N2O3. The van der Waals surface area contributed by atoms with Gasteiger partial charge in [-0.3, -0.25) is 9.59 Å². The van der Waals surface area contributed by atoms with Crippen LogP contribution in [0.15, 0.2) is 42.5 Å². The molecule has 0 saturated carbocycles. The lowest BCUT2D eigenvalue weighted by molar-refractivity contribution is -0.124. The molecule has 1 unspecified atom stereocenters. The number of nitrogens with one attached hydrogen (secondary N) is 2. The lowest BCUT2D eigenvalue weighted by Gasteiger charge is -2.24. The second-order valence-electron chi connectivity index (χ2n) is 7.45. The molecule has 2 rings (SSSR count). The third kappa shape index (κ3) is 6.43. The zero-order valence-electron chi connectivity index (χ0n) is 16.3. The smallest absolute Gasteiger partial charge is 0.255 e. The van der Waals surface area contributed by atoms with Crippen molar-refractivity contribution in [2.24, 2.45) is 0 Å². The Labute approximate surface area is 175 Å². The molecule has 7 heteroatoms. The van der Waals surface area contributed by atoms with Crippen LogP contribution in [0.2, 0.25) is 10.0 Å². The maximum absolute atomic E-state index is 12.7. The highest BCUT2D eigenvalue weighted by Gasteiger charge is 2.22. The predicted molar refractivity (Wildman–Crippen MR) is 112 cm³/mol. The van der Waals surface area contributed by atoms with Gasteiger partial charge in [-0.2, -0.15) is 0 Å². The van der Waals surface area contributed by atoms with Gasteiger partial charge in [0.05, 0.1) is 5.56 Å². The van der Waals surface area contributed by atoms with Crippen LogP contribution in [0.1, 0.15) is 43.6 Å². The van der Waals surface area contributed by atoms with Crippen molar-refractivity contribution in [3.05, 3.63) is 63.6 Å². The molecule has 150 valence electrons. The average molecular weight is 423 g/mol. The summed E-state index contributed by atoms with van der Waals surface area (Å²) in [5.74, 6) is -0.254. The number of ether oxygens (including phenoxy) is 1. The molecule has 0 spiro atoms. The van der Waals surface area contributed by atoms with Crippen molar-refractivity contribution in [1.29, 1.82) is 0 Å². The number of carbonyl (C=O) groups excluding carboxylic acids is 2. The van der Waals surface area contributed by atoms with Gasteiger partial charge in [0, 0.05) is 21.1 Å². The van der Waals surface area contributed by atoms with E-state index in [9.17, 15) is 9.59 Å². The van der Waals surface area contributed by atoms with Crippen molar-refractivity contribution in [1.82, 2.24) is 10.6 Å². The molecule has 0 aliphatic heterocycles. The molecule has 28 heavy (non-hydrogen) atoms. The molecule has 5 nitrogen and oxygen atoms in total. The van der Waals surface area contributed by atoms with Gasteiger partial charge in [0.2, 0.25) is 5.91 Å².